The first-order valence-corrected chi connectivity index (χ1v) is 6.33. The van der Waals surface area contributed by atoms with Crippen molar-refractivity contribution in [1.82, 2.24) is 0 Å². The lowest BCUT2D eigenvalue weighted by atomic mass is 10.2. The van der Waals surface area contributed by atoms with Crippen LogP contribution in [-0.4, -0.2) is 8.42 Å². The highest BCUT2D eigenvalue weighted by atomic mass is 79.9. The zero-order chi connectivity index (χ0) is 10.1. The Hall–Kier alpha value is -0.130. The molecule has 6 heteroatoms. The summed E-state index contributed by atoms with van der Waals surface area (Å²) >= 11 is 2.42. The zero-order valence-corrected chi connectivity index (χ0v) is 9.40. The van der Waals surface area contributed by atoms with Gasteiger partial charge in [-0.1, -0.05) is 30.3 Å². The number of benzene rings is 1. The van der Waals surface area contributed by atoms with Crippen molar-refractivity contribution in [3.63, 3.8) is 0 Å². The molecule has 0 N–H and O–H groups in total. The number of alkyl halides is 2. The first-order valence-electron chi connectivity index (χ1n) is 3.23. The van der Waals surface area contributed by atoms with Gasteiger partial charge in [0.2, 0.25) is 0 Å². The second kappa shape index (κ2) is 3.55. The predicted octanol–water partition coefficient (Wildman–Crippen LogP) is 2.73. The Morgan fingerprint density at radius 1 is 1.31 bits per heavy atom. The summed E-state index contributed by atoms with van der Waals surface area (Å²) in [5, 5.41) is 0. The average Bonchev–Trinajstić information content (AvgIpc) is 2.04. The van der Waals surface area contributed by atoms with Gasteiger partial charge in [-0.15, -0.1) is 0 Å². The van der Waals surface area contributed by atoms with Gasteiger partial charge >= 0.3 is 3.91 Å². The summed E-state index contributed by atoms with van der Waals surface area (Å²) in [7, 11) is 0.577. The molecule has 1 aromatic carbocycles. The predicted molar refractivity (Wildman–Crippen MR) is 52.9 cm³/mol. The second-order valence-corrected chi connectivity index (χ2v) is 6.60. The van der Waals surface area contributed by atoms with Crippen molar-refractivity contribution in [1.29, 1.82) is 0 Å². The molecule has 0 aliphatic rings. The zero-order valence-electron chi connectivity index (χ0n) is 6.25. The summed E-state index contributed by atoms with van der Waals surface area (Å²) < 4.78 is 32.4. The topological polar surface area (TPSA) is 34.1 Å². The minimum absolute atomic E-state index is 0.0509. The summed E-state index contributed by atoms with van der Waals surface area (Å²) in [5.74, 6) is 0. The van der Waals surface area contributed by atoms with Gasteiger partial charge < -0.3 is 0 Å². The Balaban J connectivity index is 3.24. The Labute approximate surface area is 88.3 Å². The third kappa shape index (κ3) is 2.21. The van der Waals surface area contributed by atoms with Gasteiger partial charge in [-0.2, -0.15) is 0 Å². The highest BCUT2D eigenvalue weighted by molar-refractivity contribution is 9.11. The van der Waals surface area contributed by atoms with Crippen LogP contribution < -0.4 is 0 Å². The largest absolute Gasteiger partial charge is 0.303 e. The molecule has 0 amide bonds. The van der Waals surface area contributed by atoms with E-state index in [0.29, 0.717) is 0 Å². The second-order valence-electron chi connectivity index (χ2n) is 2.32. The Morgan fingerprint density at radius 3 is 2.15 bits per heavy atom. The van der Waals surface area contributed by atoms with Crippen LogP contribution in [0.25, 0.3) is 0 Å². The normalized spacial score (nSPS) is 16.5. The van der Waals surface area contributed by atoms with Crippen LogP contribution in [0.1, 0.15) is 5.56 Å². The summed E-state index contributed by atoms with van der Waals surface area (Å²) in [5.41, 5.74) is -0.0509. The van der Waals surface area contributed by atoms with Crippen molar-refractivity contribution < 1.29 is 12.8 Å². The quantitative estimate of drug-likeness (QED) is 0.619. The summed E-state index contributed by atoms with van der Waals surface area (Å²) in [6.45, 7) is 0. The maximum Gasteiger partial charge on any atom is 0.303 e. The van der Waals surface area contributed by atoms with Gasteiger partial charge in [0.1, 0.15) is 0 Å². The molecule has 0 heterocycles. The lowest BCUT2D eigenvalue weighted by Crippen LogP contribution is -2.19. The Bertz CT molecular complexity index is 390. The van der Waals surface area contributed by atoms with E-state index in [1.54, 1.807) is 6.07 Å². The third-order valence-electron chi connectivity index (χ3n) is 1.42. The molecule has 0 aromatic heterocycles. The molecule has 72 valence electrons. The molecule has 0 aliphatic heterocycles. The van der Waals surface area contributed by atoms with Crippen molar-refractivity contribution in [2.75, 3.05) is 0 Å². The molecule has 0 fully saturated rings. The lowest BCUT2D eigenvalue weighted by Gasteiger charge is -2.14. The average molecular weight is 288 g/mol. The fraction of sp³-hybridized carbons (Fsp3) is 0.143. The first kappa shape index (κ1) is 10.9. The minimum atomic E-state index is -4.33. The van der Waals surface area contributed by atoms with Crippen LogP contribution >= 0.6 is 26.6 Å². The van der Waals surface area contributed by atoms with Crippen LogP contribution in [0.4, 0.5) is 4.39 Å². The van der Waals surface area contributed by atoms with Gasteiger partial charge in [0, 0.05) is 16.2 Å². The van der Waals surface area contributed by atoms with Crippen LogP contribution in [0, 0.1) is 0 Å². The van der Waals surface area contributed by atoms with E-state index in [4.69, 9.17) is 10.7 Å². The van der Waals surface area contributed by atoms with E-state index in [2.05, 4.69) is 15.9 Å². The number of halogens is 3. The van der Waals surface area contributed by atoms with Crippen LogP contribution in [0.3, 0.4) is 0 Å². The van der Waals surface area contributed by atoms with Crippen molar-refractivity contribution in [2.45, 2.75) is 3.91 Å². The van der Waals surface area contributed by atoms with Gasteiger partial charge in [0.25, 0.3) is 9.05 Å². The standard InChI is InChI=1S/C7H5BrClFO2S/c8-7(10,13(9,11)12)6-4-2-1-3-5-6/h1-5H. The van der Waals surface area contributed by atoms with Gasteiger partial charge in [0.05, 0.1) is 0 Å². The highest BCUT2D eigenvalue weighted by Gasteiger charge is 2.42. The van der Waals surface area contributed by atoms with Gasteiger partial charge in [0.15, 0.2) is 0 Å². The number of hydrogen-bond donors (Lipinski definition) is 0. The molecule has 1 atom stereocenters. The molecular formula is C7H5BrClFO2S. The van der Waals surface area contributed by atoms with E-state index in [1.165, 1.54) is 24.3 Å². The molecule has 0 bridgehead atoms. The third-order valence-corrected chi connectivity index (χ3v) is 5.20. The van der Waals surface area contributed by atoms with Crippen LogP contribution in [0.5, 0.6) is 0 Å². The van der Waals surface area contributed by atoms with E-state index in [-0.39, 0.29) is 5.56 Å². The summed E-state index contributed by atoms with van der Waals surface area (Å²) in [4.78, 5) is 0. The smallest absolute Gasteiger partial charge is 0.207 e. The maximum absolute atomic E-state index is 13.5. The highest BCUT2D eigenvalue weighted by Crippen LogP contribution is 2.40. The minimum Gasteiger partial charge on any atom is -0.207 e. The molecule has 1 unspecified atom stereocenters. The fourth-order valence-electron chi connectivity index (χ4n) is 0.773. The molecule has 1 rings (SSSR count). The molecule has 0 saturated carbocycles. The van der Waals surface area contributed by atoms with E-state index in [1.807, 2.05) is 0 Å². The molecule has 0 spiro atoms. The molecule has 1 aromatic rings. The monoisotopic (exact) mass is 286 g/mol. The van der Waals surface area contributed by atoms with Gasteiger partial charge in [-0.3, -0.25) is 0 Å². The fourth-order valence-corrected chi connectivity index (χ4v) is 1.72. The SMILES string of the molecule is O=S(=O)(Cl)C(F)(Br)c1ccccc1. The van der Waals surface area contributed by atoms with Crippen molar-refractivity contribution in [3.8, 4) is 0 Å². The maximum atomic E-state index is 13.5. The van der Waals surface area contributed by atoms with Crippen molar-refractivity contribution in [2.24, 2.45) is 0 Å². The van der Waals surface area contributed by atoms with Gasteiger partial charge in [-0.05, 0) is 15.9 Å². The molecule has 0 aliphatic carbocycles. The lowest BCUT2D eigenvalue weighted by molar-refractivity contribution is 0.406. The first-order chi connectivity index (χ1) is 5.86. The number of rotatable bonds is 2. The van der Waals surface area contributed by atoms with E-state index in [0.717, 1.165) is 0 Å². The summed E-state index contributed by atoms with van der Waals surface area (Å²) in [6, 6.07) is 7.34. The van der Waals surface area contributed by atoms with Crippen molar-refractivity contribution in [3.05, 3.63) is 35.9 Å². The van der Waals surface area contributed by atoms with Crippen LogP contribution in [0.15, 0.2) is 30.3 Å². The molecule has 13 heavy (non-hydrogen) atoms. The molecular weight excluding hydrogens is 282 g/mol. The van der Waals surface area contributed by atoms with E-state index < -0.39 is 13.0 Å². The van der Waals surface area contributed by atoms with E-state index >= 15 is 0 Å². The van der Waals surface area contributed by atoms with Crippen LogP contribution in [0.2, 0.25) is 0 Å². The number of hydrogen-bond acceptors (Lipinski definition) is 2. The van der Waals surface area contributed by atoms with Crippen LogP contribution in [-0.2, 0) is 13.0 Å². The van der Waals surface area contributed by atoms with E-state index in [9.17, 15) is 12.8 Å². The Kier molecular flexibility index (Phi) is 2.99. The Morgan fingerprint density at radius 2 is 1.77 bits per heavy atom. The summed E-state index contributed by atoms with van der Waals surface area (Å²) in [6.07, 6.45) is 0. The van der Waals surface area contributed by atoms with Crippen molar-refractivity contribution >= 4 is 35.7 Å². The molecule has 0 radical (unpaired) electrons. The molecule has 2 nitrogen and oxygen atoms in total. The van der Waals surface area contributed by atoms with Gasteiger partial charge in [-0.25, -0.2) is 12.8 Å². The molecule has 0 saturated heterocycles.